The van der Waals surface area contributed by atoms with Crippen LogP contribution < -0.4 is 0 Å². The normalized spacial score (nSPS) is 12.9. The fraction of sp³-hybridized carbons (Fsp3) is 0. The van der Waals surface area contributed by atoms with Crippen LogP contribution in [-0.4, -0.2) is 9.35 Å². The van der Waals surface area contributed by atoms with Gasteiger partial charge in [0.25, 0.3) is 0 Å². The summed E-state index contributed by atoms with van der Waals surface area (Å²) in [5.41, 5.74) is 0. The second kappa shape index (κ2) is 3.10. The molecule has 0 aromatic rings. The third kappa shape index (κ3) is 3.56. The molecule has 46 valence electrons. The minimum atomic E-state index is -2.76. The summed E-state index contributed by atoms with van der Waals surface area (Å²) >= 11 is 3.12. The number of carbonyl (C=O) groups excluding carboxylic acids is 2. The second-order valence-electron chi connectivity index (χ2n) is 0.576. The molecule has 2 nitrogen and oxygen atoms in total. The molecule has 0 N–H and O–H groups in total. The van der Waals surface area contributed by atoms with Crippen molar-refractivity contribution in [2.45, 2.75) is 0 Å². The molecule has 0 heterocycles. The van der Waals surface area contributed by atoms with E-state index in [0.29, 0.717) is 9.35 Å². The summed E-state index contributed by atoms with van der Waals surface area (Å²) in [6.45, 7) is 0. The number of carbonyl (C=O) groups is 2. The van der Waals surface area contributed by atoms with Crippen LogP contribution in [0.3, 0.4) is 0 Å². The summed E-state index contributed by atoms with van der Waals surface area (Å²) in [7, 11) is 0. The molecule has 0 spiro atoms. The SMILES string of the molecule is O=[CH][Pt]([Br])([Br])[CH]=O. The van der Waals surface area contributed by atoms with Crippen LogP contribution in [0.2, 0.25) is 0 Å². The zero-order valence-corrected chi connectivity index (χ0v) is 8.49. The Kier molecular flexibility index (Phi) is 3.54. The van der Waals surface area contributed by atoms with Crippen LogP contribution >= 0.6 is 26.6 Å². The first-order chi connectivity index (χ1) is 3.12. The fourth-order valence-corrected chi connectivity index (χ4v) is 0.144. The van der Waals surface area contributed by atoms with Gasteiger partial charge in [0.15, 0.2) is 0 Å². The summed E-state index contributed by atoms with van der Waals surface area (Å²) in [6.07, 6.45) is 0. The van der Waals surface area contributed by atoms with Gasteiger partial charge >= 0.3 is 57.5 Å². The molecule has 0 radical (unpaired) electrons. The first-order valence-corrected chi connectivity index (χ1v) is 13.6. The summed E-state index contributed by atoms with van der Waals surface area (Å²) in [5, 5.41) is 0. The van der Waals surface area contributed by atoms with E-state index in [9.17, 15) is 9.59 Å². The number of hydrogen-bond donors (Lipinski definition) is 0. The molecule has 0 fully saturated rings. The summed E-state index contributed by atoms with van der Waals surface area (Å²) in [4.78, 5) is 19.6. The first kappa shape index (κ1) is 7.99. The molecule has 0 aromatic heterocycles. The van der Waals surface area contributed by atoms with E-state index < -0.39 is 11.9 Å². The van der Waals surface area contributed by atoms with Gasteiger partial charge in [0.05, 0.1) is 0 Å². The van der Waals surface area contributed by atoms with E-state index in [0.717, 1.165) is 0 Å². The molecule has 0 saturated carbocycles. The number of halogens is 2. The Morgan fingerprint density at radius 3 is 1.43 bits per heavy atom. The predicted molar refractivity (Wildman–Crippen MR) is 31.4 cm³/mol. The van der Waals surface area contributed by atoms with Gasteiger partial charge < -0.3 is 0 Å². The Bertz CT molecular complexity index is 81.7. The van der Waals surface area contributed by atoms with Gasteiger partial charge in [0.2, 0.25) is 0 Å². The number of hydrogen-bond acceptors (Lipinski definition) is 2. The summed E-state index contributed by atoms with van der Waals surface area (Å²) in [5.74, 6) is 0. The average Bonchev–Trinajstić information content (AvgIpc) is 1.68. The van der Waals surface area contributed by atoms with Gasteiger partial charge in [-0.25, -0.2) is 0 Å². The minimum absolute atomic E-state index is 0.639. The molecule has 7 heavy (non-hydrogen) atoms. The molecule has 0 unspecified atom stereocenters. The zero-order chi connectivity index (χ0) is 5.91. The van der Waals surface area contributed by atoms with Crippen LogP contribution in [0.1, 0.15) is 0 Å². The van der Waals surface area contributed by atoms with E-state index in [1.165, 1.54) is 0 Å². The van der Waals surface area contributed by atoms with Crippen LogP contribution in [0.5, 0.6) is 0 Å². The molecule has 0 aliphatic rings. The Morgan fingerprint density at radius 2 is 1.43 bits per heavy atom. The molecule has 5 heteroatoms. The van der Waals surface area contributed by atoms with Crippen molar-refractivity contribution in [1.29, 1.82) is 0 Å². The number of rotatable bonds is 2. The van der Waals surface area contributed by atoms with Crippen molar-refractivity contribution in [3.05, 3.63) is 0 Å². The van der Waals surface area contributed by atoms with Gasteiger partial charge in [-0.3, -0.25) is 0 Å². The van der Waals surface area contributed by atoms with Crippen molar-refractivity contribution in [2.24, 2.45) is 0 Å². The molecule has 0 atom stereocenters. The molecule has 0 aliphatic heterocycles. The Morgan fingerprint density at radius 1 is 1.14 bits per heavy atom. The zero-order valence-electron chi connectivity index (χ0n) is 3.04. The van der Waals surface area contributed by atoms with E-state index in [2.05, 4.69) is 26.6 Å². The van der Waals surface area contributed by atoms with Crippen molar-refractivity contribution in [1.82, 2.24) is 0 Å². The molecule has 0 bridgehead atoms. The van der Waals surface area contributed by atoms with Crippen molar-refractivity contribution in [3.8, 4) is 0 Å². The Balaban J connectivity index is 3.82. The van der Waals surface area contributed by atoms with Crippen molar-refractivity contribution < 1.29 is 21.5 Å². The molecule has 0 rings (SSSR count). The van der Waals surface area contributed by atoms with E-state index in [1.807, 2.05) is 0 Å². The van der Waals surface area contributed by atoms with Crippen LogP contribution in [0.15, 0.2) is 0 Å². The molecule has 0 amide bonds. The predicted octanol–water partition coefficient (Wildman–Crippen LogP) is 1.14. The molecule has 0 aliphatic carbocycles. The fourth-order valence-electron chi connectivity index (χ4n) is 0.0176. The molecule has 0 saturated heterocycles. The van der Waals surface area contributed by atoms with Gasteiger partial charge in [-0.1, -0.05) is 0 Å². The van der Waals surface area contributed by atoms with Gasteiger partial charge in [-0.05, 0) is 0 Å². The standard InChI is InChI=1S/2CHO.2BrH.Pt/c2*1-2;;;/h2*1H;2*1H;/q;;;;+2/p-2. The van der Waals surface area contributed by atoms with Crippen molar-refractivity contribution in [2.75, 3.05) is 0 Å². The van der Waals surface area contributed by atoms with E-state index in [4.69, 9.17) is 0 Å². The molecular formula is C2H2Br2O2Pt. The van der Waals surface area contributed by atoms with Gasteiger partial charge in [-0.2, -0.15) is 0 Å². The van der Waals surface area contributed by atoms with Gasteiger partial charge in [-0.15, -0.1) is 0 Å². The Labute approximate surface area is 57.1 Å². The van der Waals surface area contributed by atoms with Gasteiger partial charge in [0.1, 0.15) is 0 Å². The van der Waals surface area contributed by atoms with Gasteiger partial charge in [0, 0.05) is 0 Å². The van der Waals surface area contributed by atoms with Crippen molar-refractivity contribution >= 4 is 35.9 Å². The summed E-state index contributed by atoms with van der Waals surface area (Å²) in [6, 6.07) is 0. The van der Waals surface area contributed by atoms with Crippen LogP contribution in [0.25, 0.3) is 0 Å². The van der Waals surface area contributed by atoms with E-state index in [1.54, 1.807) is 0 Å². The first-order valence-electron chi connectivity index (χ1n) is 1.08. The topological polar surface area (TPSA) is 34.1 Å². The van der Waals surface area contributed by atoms with Crippen molar-refractivity contribution in [3.63, 3.8) is 0 Å². The third-order valence-corrected chi connectivity index (χ3v) is 5.50. The van der Waals surface area contributed by atoms with E-state index >= 15 is 0 Å². The Hall–Kier alpha value is 0.988. The van der Waals surface area contributed by atoms with Crippen LogP contribution in [0.4, 0.5) is 0 Å². The van der Waals surface area contributed by atoms with Crippen LogP contribution in [0, 0.1) is 0 Å². The monoisotopic (exact) mass is 411 g/mol. The van der Waals surface area contributed by atoms with E-state index in [-0.39, 0.29) is 0 Å². The third-order valence-electron chi connectivity index (χ3n) is 0.199. The quantitative estimate of drug-likeness (QED) is 0.637. The summed E-state index contributed by atoms with van der Waals surface area (Å²) < 4.78 is 1.28. The average molecular weight is 413 g/mol. The van der Waals surface area contributed by atoms with Crippen LogP contribution in [-0.2, 0) is 21.5 Å². The molecular weight excluding hydrogens is 411 g/mol. The second-order valence-corrected chi connectivity index (χ2v) is 23.8. The maximum atomic E-state index is 9.81. The maximum absolute atomic E-state index is 9.81. The molecule has 0 aromatic carbocycles.